The lowest BCUT2D eigenvalue weighted by molar-refractivity contribution is -0.161. The maximum atomic E-state index is 13.0. The van der Waals surface area contributed by atoms with Gasteiger partial charge in [0.1, 0.15) is 19.3 Å². The predicted octanol–water partition coefficient (Wildman–Crippen LogP) is 20.9. The van der Waals surface area contributed by atoms with Gasteiger partial charge in [0, 0.05) is 25.7 Å². The summed E-state index contributed by atoms with van der Waals surface area (Å²) in [4.78, 5) is 72.6. The molecule has 0 saturated carbocycles. The zero-order valence-electron chi connectivity index (χ0n) is 60.2. The highest BCUT2D eigenvalue weighted by atomic mass is 31.2. The number of hydrogen-bond donors (Lipinski definition) is 3. The van der Waals surface area contributed by atoms with Crippen LogP contribution < -0.4 is 0 Å². The van der Waals surface area contributed by atoms with E-state index in [2.05, 4.69) is 55.4 Å². The fraction of sp³-hybridized carbons (Fsp3) is 0.945. The van der Waals surface area contributed by atoms with E-state index in [9.17, 15) is 43.2 Å². The summed E-state index contributed by atoms with van der Waals surface area (Å²) < 4.78 is 68.4. The fourth-order valence-electron chi connectivity index (χ4n) is 11.0. The van der Waals surface area contributed by atoms with Crippen molar-refractivity contribution in [2.75, 3.05) is 39.6 Å². The molecule has 0 heterocycles. The molecule has 546 valence electrons. The van der Waals surface area contributed by atoms with Crippen LogP contribution in [-0.2, 0) is 65.4 Å². The summed E-state index contributed by atoms with van der Waals surface area (Å²) in [6.07, 6.45) is 45.9. The van der Waals surface area contributed by atoms with E-state index in [1.165, 1.54) is 161 Å². The number of carbonyl (C=O) groups excluding carboxylic acids is 4. The van der Waals surface area contributed by atoms with Crippen molar-refractivity contribution < 1.29 is 80.2 Å². The quantitative estimate of drug-likeness (QED) is 0.0222. The molecule has 0 amide bonds. The molecule has 92 heavy (non-hydrogen) atoms. The normalized spacial score (nSPS) is 14.5. The summed E-state index contributed by atoms with van der Waals surface area (Å²) in [7, 11) is -9.91. The van der Waals surface area contributed by atoms with Gasteiger partial charge < -0.3 is 33.8 Å². The SMILES string of the molecule is CCC(C)CCCCCCCCCCC(=O)O[C@H](COC(=O)CCCCCCCCCCCCCCCCC(C)C)COP(=O)(O)OC[C@@H](O)COP(=O)(O)OC[C@@H](COC(=O)CCCCCCCCC(C)C)OC(=O)CCCCCCCCCCCCCC(C)C. The number of esters is 4. The molecular weight excluding hydrogens is 1210 g/mol. The predicted molar refractivity (Wildman–Crippen MR) is 372 cm³/mol. The third-order valence-corrected chi connectivity index (χ3v) is 19.1. The van der Waals surface area contributed by atoms with Gasteiger partial charge in [-0.1, -0.05) is 312 Å². The number of phosphoric ester groups is 2. The first-order chi connectivity index (χ1) is 44.1. The van der Waals surface area contributed by atoms with Gasteiger partial charge in [0.15, 0.2) is 12.2 Å². The lowest BCUT2D eigenvalue weighted by Crippen LogP contribution is -2.30. The molecule has 0 fully saturated rings. The van der Waals surface area contributed by atoms with E-state index in [1.807, 2.05) is 0 Å². The molecule has 0 rings (SSSR count). The summed E-state index contributed by atoms with van der Waals surface area (Å²) in [6, 6.07) is 0. The summed E-state index contributed by atoms with van der Waals surface area (Å²) >= 11 is 0. The van der Waals surface area contributed by atoms with Crippen LogP contribution in [0, 0.1) is 23.7 Å². The fourth-order valence-corrected chi connectivity index (χ4v) is 12.6. The van der Waals surface area contributed by atoms with Gasteiger partial charge in [0.2, 0.25) is 0 Å². The Balaban J connectivity index is 5.23. The van der Waals surface area contributed by atoms with Crippen LogP contribution in [0.15, 0.2) is 0 Å². The maximum Gasteiger partial charge on any atom is 0.472 e. The second-order valence-corrected chi connectivity index (χ2v) is 30.9. The molecule has 0 aliphatic carbocycles. The Labute approximate surface area is 562 Å². The summed E-state index contributed by atoms with van der Waals surface area (Å²) in [5, 5.41) is 10.6. The Morgan fingerprint density at radius 2 is 0.522 bits per heavy atom. The molecule has 0 saturated heterocycles. The lowest BCUT2D eigenvalue weighted by atomic mass is 9.99. The maximum absolute atomic E-state index is 13.0. The third-order valence-electron chi connectivity index (χ3n) is 17.2. The highest BCUT2D eigenvalue weighted by Gasteiger charge is 2.30. The largest absolute Gasteiger partial charge is 0.472 e. The molecule has 0 aliphatic rings. The molecule has 0 aromatic rings. The van der Waals surface area contributed by atoms with Gasteiger partial charge in [-0.2, -0.15) is 0 Å². The number of phosphoric acid groups is 2. The molecule has 3 unspecified atom stereocenters. The molecule has 0 radical (unpaired) electrons. The van der Waals surface area contributed by atoms with Crippen molar-refractivity contribution in [1.82, 2.24) is 0 Å². The molecule has 3 N–H and O–H groups in total. The number of rotatable bonds is 70. The number of aliphatic hydroxyl groups excluding tert-OH is 1. The Bertz CT molecular complexity index is 1820. The molecule has 6 atom stereocenters. The minimum Gasteiger partial charge on any atom is -0.462 e. The second-order valence-electron chi connectivity index (χ2n) is 28.0. The van der Waals surface area contributed by atoms with Gasteiger partial charge in [0.05, 0.1) is 26.4 Å². The van der Waals surface area contributed by atoms with E-state index in [-0.39, 0.29) is 25.7 Å². The van der Waals surface area contributed by atoms with Gasteiger partial charge in [0.25, 0.3) is 0 Å². The average Bonchev–Trinajstić information content (AvgIpc) is 3.60. The minimum atomic E-state index is -4.95. The molecule has 0 spiro atoms. The monoisotopic (exact) mass is 1350 g/mol. The van der Waals surface area contributed by atoms with Crippen LogP contribution in [0.1, 0.15) is 364 Å². The zero-order valence-corrected chi connectivity index (χ0v) is 62.0. The van der Waals surface area contributed by atoms with Crippen LogP contribution >= 0.6 is 15.6 Å². The Morgan fingerprint density at radius 1 is 0.304 bits per heavy atom. The van der Waals surface area contributed by atoms with Gasteiger partial charge >= 0.3 is 39.5 Å². The summed E-state index contributed by atoms with van der Waals surface area (Å²) in [6.45, 7) is 14.1. The second kappa shape index (κ2) is 62.6. The van der Waals surface area contributed by atoms with Crippen molar-refractivity contribution in [3.63, 3.8) is 0 Å². The van der Waals surface area contributed by atoms with Crippen molar-refractivity contribution in [2.24, 2.45) is 23.7 Å². The molecule has 0 bridgehead atoms. The van der Waals surface area contributed by atoms with Crippen LogP contribution in [0.5, 0.6) is 0 Å². The van der Waals surface area contributed by atoms with E-state index in [4.69, 9.17) is 37.0 Å². The molecule has 0 aliphatic heterocycles. The van der Waals surface area contributed by atoms with E-state index < -0.39 is 97.5 Å². The van der Waals surface area contributed by atoms with E-state index >= 15 is 0 Å². The van der Waals surface area contributed by atoms with Gasteiger partial charge in [-0.05, 0) is 49.4 Å². The molecule has 0 aromatic carbocycles. The highest BCUT2D eigenvalue weighted by Crippen LogP contribution is 2.45. The smallest absolute Gasteiger partial charge is 0.462 e. The number of aliphatic hydroxyl groups is 1. The number of carbonyl (C=O) groups is 4. The number of ether oxygens (including phenoxy) is 4. The standard InChI is InChI=1S/C73H142O17P2/c1-9-66(8)52-44-36-27-23-24-30-40-48-56-73(78)90-68(59-83-70(75)53-45-37-28-21-17-13-11-10-12-15-19-25-33-41-49-63(2)3)61-87-91(79,80)85-57-67(74)58-86-92(81,82)88-62-69(60-84-71(76)54-46-38-32-31-35-43-51-65(6)7)89-72(77)55-47-39-29-22-18-14-16-20-26-34-42-50-64(4)5/h63-69,74H,9-62H2,1-8H3,(H,79,80)(H,81,82)/t66?,67-,68-,69-/m1/s1. The molecule has 19 heteroatoms. The first-order valence-corrected chi connectivity index (χ1v) is 40.7. The molecule has 0 aromatic heterocycles. The van der Waals surface area contributed by atoms with Crippen LogP contribution in [-0.4, -0.2) is 96.7 Å². The number of unbranched alkanes of at least 4 members (excludes halogenated alkanes) is 35. The van der Waals surface area contributed by atoms with Gasteiger partial charge in [-0.3, -0.25) is 37.3 Å². The van der Waals surface area contributed by atoms with E-state index in [0.29, 0.717) is 31.6 Å². The minimum absolute atomic E-state index is 0.105. The van der Waals surface area contributed by atoms with Crippen molar-refractivity contribution in [3.8, 4) is 0 Å². The van der Waals surface area contributed by atoms with Crippen molar-refractivity contribution >= 4 is 39.5 Å². The first kappa shape index (κ1) is 90.1. The Kier molecular flexibility index (Phi) is 61.3. The summed E-state index contributed by atoms with van der Waals surface area (Å²) in [5.74, 6) is 0.886. The topological polar surface area (TPSA) is 237 Å². The van der Waals surface area contributed by atoms with Gasteiger partial charge in [-0.15, -0.1) is 0 Å². The molecular formula is C73H142O17P2. The Morgan fingerprint density at radius 3 is 0.772 bits per heavy atom. The highest BCUT2D eigenvalue weighted by molar-refractivity contribution is 7.47. The van der Waals surface area contributed by atoms with Crippen LogP contribution in [0.2, 0.25) is 0 Å². The van der Waals surface area contributed by atoms with Crippen molar-refractivity contribution in [3.05, 3.63) is 0 Å². The van der Waals surface area contributed by atoms with E-state index in [0.717, 1.165) is 114 Å². The van der Waals surface area contributed by atoms with E-state index in [1.54, 1.807) is 0 Å². The Hall–Kier alpha value is -1.94. The van der Waals surface area contributed by atoms with Crippen LogP contribution in [0.25, 0.3) is 0 Å². The van der Waals surface area contributed by atoms with Crippen LogP contribution in [0.3, 0.4) is 0 Å². The zero-order chi connectivity index (χ0) is 68.2. The third kappa shape index (κ3) is 65.4. The lowest BCUT2D eigenvalue weighted by Gasteiger charge is -2.21. The number of hydrogen-bond acceptors (Lipinski definition) is 15. The van der Waals surface area contributed by atoms with Gasteiger partial charge in [-0.25, -0.2) is 9.13 Å². The summed E-state index contributed by atoms with van der Waals surface area (Å²) in [5.41, 5.74) is 0. The van der Waals surface area contributed by atoms with Crippen molar-refractivity contribution in [2.45, 2.75) is 382 Å². The average molecular weight is 1350 g/mol. The van der Waals surface area contributed by atoms with Crippen molar-refractivity contribution in [1.29, 1.82) is 0 Å². The van der Waals surface area contributed by atoms with Crippen LogP contribution in [0.4, 0.5) is 0 Å². The molecule has 17 nitrogen and oxygen atoms in total. The first-order valence-electron chi connectivity index (χ1n) is 37.7.